The van der Waals surface area contributed by atoms with Crippen molar-refractivity contribution < 1.29 is 31.7 Å². The Bertz CT molecular complexity index is 1250. The van der Waals surface area contributed by atoms with Gasteiger partial charge in [-0.3, -0.25) is 19.9 Å². The van der Waals surface area contributed by atoms with E-state index in [1.807, 2.05) is 0 Å². The molecule has 1 amide bonds. The fourth-order valence-electron chi connectivity index (χ4n) is 3.19. The number of nitro groups is 1. The molecule has 3 aromatic rings. The van der Waals surface area contributed by atoms with Crippen LogP contribution in [0.25, 0.3) is 0 Å². The molecule has 14 heteroatoms. The highest BCUT2D eigenvalue weighted by Crippen LogP contribution is 2.48. The van der Waals surface area contributed by atoms with Crippen LogP contribution in [0.5, 0.6) is 0 Å². The first-order chi connectivity index (χ1) is 15.5. The van der Waals surface area contributed by atoms with E-state index in [9.17, 15) is 36.9 Å². The molecule has 1 aromatic heterocycles. The molecule has 33 heavy (non-hydrogen) atoms. The van der Waals surface area contributed by atoms with Gasteiger partial charge in [0.15, 0.2) is 5.82 Å². The Balaban J connectivity index is 1.63. The van der Waals surface area contributed by atoms with Crippen molar-refractivity contribution in [1.82, 2.24) is 9.97 Å². The molecule has 2 aromatic carbocycles. The molecule has 1 unspecified atom stereocenters. The van der Waals surface area contributed by atoms with Gasteiger partial charge in [-0.25, -0.2) is 13.8 Å². The van der Waals surface area contributed by atoms with Crippen LogP contribution in [0.2, 0.25) is 0 Å². The number of nitrogens with zero attached hydrogens (tertiary/aromatic N) is 3. The first-order valence-corrected chi connectivity index (χ1v) is 9.01. The van der Waals surface area contributed by atoms with Gasteiger partial charge in [0, 0.05) is 12.1 Å². The molecule has 1 atom stereocenters. The van der Waals surface area contributed by atoms with Crippen LogP contribution in [0, 0.1) is 21.7 Å². The standard InChI is InChI=1S/C19H11F5N6O3/c20-10-2-1-3-11(21)16(10)17(31)27-15-8-25-14(7-26-15)18(19(22,23)24)28-12-5-4-9(30(32)33)6-13(12)29-18/h1-8,28-29H,(H,26,27,31). The highest BCUT2D eigenvalue weighted by Gasteiger charge is 2.61. The van der Waals surface area contributed by atoms with Gasteiger partial charge in [0.05, 0.1) is 28.7 Å². The van der Waals surface area contributed by atoms with Gasteiger partial charge in [-0.1, -0.05) is 6.07 Å². The second kappa shape index (κ2) is 7.65. The lowest BCUT2D eigenvalue weighted by Gasteiger charge is -2.32. The van der Waals surface area contributed by atoms with Crippen molar-refractivity contribution in [3.8, 4) is 0 Å². The number of hydrogen-bond donors (Lipinski definition) is 3. The van der Waals surface area contributed by atoms with Gasteiger partial charge < -0.3 is 16.0 Å². The molecule has 3 N–H and O–H groups in total. The molecule has 0 saturated heterocycles. The second-order valence-electron chi connectivity index (χ2n) is 6.82. The van der Waals surface area contributed by atoms with Crippen molar-refractivity contribution in [3.05, 3.63) is 81.8 Å². The third-order valence-electron chi connectivity index (χ3n) is 4.75. The molecule has 0 radical (unpaired) electrons. The van der Waals surface area contributed by atoms with E-state index in [1.54, 1.807) is 0 Å². The smallest absolute Gasteiger partial charge is 0.349 e. The number of nitrogens with one attached hydrogen (secondary N) is 3. The predicted octanol–water partition coefficient (Wildman–Crippen LogP) is 4.17. The fraction of sp³-hybridized carbons (Fsp3) is 0.105. The summed E-state index contributed by atoms with van der Waals surface area (Å²) < 4.78 is 69.7. The van der Waals surface area contributed by atoms with Crippen LogP contribution in [0.4, 0.5) is 44.8 Å². The maximum atomic E-state index is 14.1. The molecule has 170 valence electrons. The number of carbonyl (C=O) groups excluding carboxylic acids is 1. The van der Waals surface area contributed by atoms with Crippen molar-refractivity contribution in [2.75, 3.05) is 16.0 Å². The van der Waals surface area contributed by atoms with Crippen molar-refractivity contribution >= 4 is 28.8 Å². The zero-order chi connectivity index (χ0) is 24.0. The average Bonchev–Trinajstić information content (AvgIpc) is 3.14. The fourth-order valence-corrected chi connectivity index (χ4v) is 3.19. The van der Waals surface area contributed by atoms with E-state index >= 15 is 0 Å². The minimum Gasteiger partial charge on any atom is -0.349 e. The van der Waals surface area contributed by atoms with E-state index in [0.717, 1.165) is 42.6 Å². The molecule has 2 heterocycles. The first kappa shape index (κ1) is 21.9. The predicted molar refractivity (Wildman–Crippen MR) is 104 cm³/mol. The van der Waals surface area contributed by atoms with Gasteiger partial charge in [0.1, 0.15) is 22.9 Å². The van der Waals surface area contributed by atoms with E-state index < -0.39 is 51.2 Å². The number of rotatable bonds is 4. The van der Waals surface area contributed by atoms with Gasteiger partial charge in [-0.05, 0) is 18.2 Å². The van der Waals surface area contributed by atoms with E-state index in [1.165, 1.54) is 0 Å². The van der Waals surface area contributed by atoms with E-state index in [-0.39, 0.29) is 17.2 Å². The van der Waals surface area contributed by atoms with Gasteiger partial charge in [-0.15, -0.1) is 0 Å². The minimum atomic E-state index is -4.99. The summed E-state index contributed by atoms with van der Waals surface area (Å²) in [4.78, 5) is 29.7. The van der Waals surface area contributed by atoms with Gasteiger partial charge in [0.2, 0.25) is 0 Å². The van der Waals surface area contributed by atoms with Crippen molar-refractivity contribution in [2.45, 2.75) is 11.8 Å². The Morgan fingerprint density at radius 1 is 1.03 bits per heavy atom. The first-order valence-electron chi connectivity index (χ1n) is 9.01. The molecule has 1 aliphatic heterocycles. The lowest BCUT2D eigenvalue weighted by atomic mass is 10.1. The van der Waals surface area contributed by atoms with Gasteiger partial charge in [0.25, 0.3) is 17.3 Å². The van der Waals surface area contributed by atoms with Crippen molar-refractivity contribution in [1.29, 1.82) is 0 Å². The molecule has 0 aliphatic carbocycles. The minimum absolute atomic E-state index is 0.0628. The summed E-state index contributed by atoms with van der Waals surface area (Å²) in [5.74, 6) is -3.86. The number of amides is 1. The van der Waals surface area contributed by atoms with Gasteiger partial charge in [-0.2, -0.15) is 13.2 Å². The summed E-state index contributed by atoms with van der Waals surface area (Å²) in [6.45, 7) is 0. The quantitative estimate of drug-likeness (QED) is 0.300. The highest BCUT2D eigenvalue weighted by molar-refractivity contribution is 6.04. The van der Waals surface area contributed by atoms with E-state index in [4.69, 9.17) is 0 Å². The Morgan fingerprint density at radius 3 is 2.27 bits per heavy atom. The molecule has 1 aliphatic rings. The number of fused-ring (bicyclic) bond motifs is 1. The summed E-state index contributed by atoms with van der Waals surface area (Å²) in [6, 6.07) is 5.85. The number of non-ortho nitro benzene ring substituents is 1. The maximum absolute atomic E-state index is 14.1. The molecule has 0 saturated carbocycles. The third-order valence-corrected chi connectivity index (χ3v) is 4.75. The molecular weight excluding hydrogens is 455 g/mol. The van der Waals surface area contributed by atoms with Crippen molar-refractivity contribution in [3.63, 3.8) is 0 Å². The molecule has 0 fully saturated rings. The Morgan fingerprint density at radius 2 is 1.70 bits per heavy atom. The zero-order valence-electron chi connectivity index (χ0n) is 16.1. The molecule has 9 nitrogen and oxygen atoms in total. The Hall–Kier alpha value is -4.36. The normalized spacial score (nSPS) is 17.0. The van der Waals surface area contributed by atoms with E-state index in [0.29, 0.717) is 6.20 Å². The van der Waals surface area contributed by atoms with Crippen LogP contribution in [-0.2, 0) is 5.66 Å². The number of nitro benzene ring substituents is 1. The SMILES string of the molecule is O=C(Nc1cnc(C2(C(F)(F)F)Nc3ccc([N+](=O)[O-])cc3N2)cn1)c1c(F)cccc1F. The maximum Gasteiger partial charge on any atom is 0.436 e. The lowest BCUT2D eigenvalue weighted by molar-refractivity contribution is -0.384. The average molecular weight is 466 g/mol. The molecule has 0 bridgehead atoms. The van der Waals surface area contributed by atoms with Crippen molar-refractivity contribution in [2.24, 2.45) is 0 Å². The van der Waals surface area contributed by atoms with E-state index in [2.05, 4.69) is 25.9 Å². The van der Waals surface area contributed by atoms with Crippen LogP contribution in [0.1, 0.15) is 16.1 Å². The van der Waals surface area contributed by atoms with Crippen LogP contribution in [-0.4, -0.2) is 27.0 Å². The number of carbonyl (C=O) groups is 1. The monoisotopic (exact) mass is 466 g/mol. The van der Waals surface area contributed by atoms with Crippen LogP contribution >= 0.6 is 0 Å². The Kier molecular flexibility index (Phi) is 5.07. The summed E-state index contributed by atoms with van der Waals surface area (Å²) in [7, 11) is 0. The Labute approximate surface area is 180 Å². The number of halogens is 5. The molecular formula is C19H11F5N6O3. The number of hydrogen-bond acceptors (Lipinski definition) is 7. The topological polar surface area (TPSA) is 122 Å². The molecule has 4 rings (SSSR count). The van der Waals surface area contributed by atoms with Crippen LogP contribution in [0.3, 0.4) is 0 Å². The summed E-state index contributed by atoms with van der Waals surface area (Å²) in [6.07, 6.45) is -3.52. The second-order valence-corrected chi connectivity index (χ2v) is 6.82. The number of benzene rings is 2. The highest BCUT2D eigenvalue weighted by atomic mass is 19.4. The zero-order valence-corrected chi connectivity index (χ0v) is 16.1. The molecule has 0 spiro atoms. The largest absolute Gasteiger partial charge is 0.436 e. The number of alkyl halides is 3. The lowest BCUT2D eigenvalue weighted by Crippen LogP contribution is -2.52. The van der Waals surface area contributed by atoms with Crippen LogP contribution < -0.4 is 16.0 Å². The van der Waals surface area contributed by atoms with Crippen LogP contribution in [0.15, 0.2) is 48.8 Å². The summed E-state index contributed by atoms with van der Waals surface area (Å²) in [5, 5.41) is 17.4. The number of aromatic nitrogens is 2. The summed E-state index contributed by atoms with van der Waals surface area (Å²) >= 11 is 0. The summed E-state index contributed by atoms with van der Waals surface area (Å²) in [5.41, 5.74) is -5.22. The van der Waals surface area contributed by atoms with Gasteiger partial charge >= 0.3 is 6.18 Å². The number of anilines is 3. The third kappa shape index (κ3) is 3.75.